The predicted octanol–water partition coefficient (Wildman–Crippen LogP) is 3.38. The van der Waals surface area contributed by atoms with Crippen molar-refractivity contribution in [2.24, 2.45) is 22.7 Å². The highest BCUT2D eigenvalue weighted by atomic mass is 16.5. The fourth-order valence-corrected chi connectivity index (χ4v) is 5.65. The molecule has 0 aromatic carbocycles. The van der Waals surface area contributed by atoms with E-state index in [9.17, 15) is 5.11 Å². The standard InChI is InChI=1S/C16H28O2/c1-11(2)18-9-14(17)16-7-12-4-13(8-16)6-15(3,5-12)10-16/h11-14,17H,4-10H2,1-3H3. The van der Waals surface area contributed by atoms with Gasteiger partial charge in [-0.25, -0.2) is 0 Å². The van der Waals surface area contributed by atoms with Crippen LogP contribution >= 0.6 is 0 Å². The highest BCUT2D eigenvalue weighted by Gasteiger charge is 2.58. The van der Waals surface area contributed by atoms with Gasteiger partial charge in [0.1, 0.15) is 0 Å². The lowest BCUT2D eigenvalue weighted by atomic mass is 9.43. The van der Waals surface area contributed by atoms with Crippen LogP contribution in [0.2, 0.25) is 0 Å². The Labute approximate surface area is 111 Å². The molecule has 4 aliphatic rings. The second-order valence-electron chi connectivity index (χ2n) is 8.03. The van der Waals surface area contributed by atoms with Crippen LogP contribution in [0.25, 0.3) is 0 Å². The van der Waals surface area contributed by atoms with Crippen molar-refractivity contribution in [3.05, 3.63) is 0 Å². The number of aliphatic hydroxyl groups excluding tert-OH is 1. The van der Waals surface area contributed by atoms with E-state index in [-0.39, 0.29) is 17.6 Å². The Morgan fingerprint density at radius 3 is 2.28 bits per heavy atom. The summed E-state index contributed by atoms with van der Waals surface area (Å²) < 4.78 is 5.68. The smallest absolute Gasteiger partial charge is 0.0830 e. The van der Waals surface area contributed by atoms with Crippen LogP contribution in [-0.4, -0.2) is 23.9 Å². The van der Waals surface area contributed by atoms with Gasteiger partial charge in [-0.2, -0.15) is 0 Å². The van der Waals surface area contributed by atoms with Crippen molar-refractivity contribution in [2.45, 2.75) is 71.5 Å². The first-order valence-electron chi connectivity index (χ1n) is 7.71. The summed E-state index contributed by atoms with van der Waals surface area (Å²) in [5, 5.41) is 10.7. The van der Waals surface area contributed by atoms with Gasteiger partial charge in [-0.3, -0.25) is 0 Å². The minimum atomic E-state index is -0.245. The van der Waals surface area contributed by atoms with E-state index in [1.165, 1.54) is 38.5 Å². The second kappa shape index (κ2) is 4.21. The monoisotopic (exact) mass is 252 g/mol. The lowest BCUT2D eigenvalue weighted by molar-refractivity contribution is -0.170. The molecule has 0 spiro atoms. The average molecular weight is 252 g/mol. The van der Waals surface area contributed by atoms with E-state index >= 15 is 0 Å². The summed E-state index contributed by atoms with van der Waals surface area (Å²) >= 11 is 0. The van der Waals surface area contributed by atoms with Crippen molar-refractivity contribution < 1.29 is 9.84 Å². The Morgan fingerprint density at radius 1 is 1.17 bits per heavy atom. The van der Waals surface area contributed by atoms with E-state index in [0.717, 1.165) is 11.8 Å². The minimum Gasteiger partial charge on any atom is -0.390 e. The zero-order valence-corrected chi connectivity index (χ0v) is 12.1. The molecule has 104 valence electrons. The molecule has 2 heteroatoms. The van der Waals surface area contributed by atoms with Gasteiger partial charge >= 0.3 is 0 Å². The van der Waals surface area contributed by atoms with Crippen molar-refractivity contribution in [1.29, 1.82) is 0 Å². The maximum absolute atomic E-state index is 10.7. The van der Waals surface area contributed by atoms with Gasteiger partial charge in [0.2, 0.25) is 0 Å². The maximum atomic E-state index is 10.7. The Kier molecular flexibility index (Phi) is 3.02. The SMILES string of the molecule is CC(C)OCC(O)C12CC3CC(CC(C)(C3)C1)C2. The lowest BCUT2D eigenvalue weighted by Gasteiger charge is -2.62. The molecule has 4 rings (SSSR count). The van der Waals surface area contributed by atoms with Gasteiger partial charge in [0.05, 0.1) is 18.8 Å². The van der Waals surface area contributed by atoms with Crippen LogP contribution in [-0.2, 0) is 4.74 Å². The third-order valence-corrected chi connectivity index (χ3v) is 5.69. The Morgan fingerprint density at radius 2 is 1.78 bits per heavy atom. The summed E-state index contributed by atoms with van der Waals surface area (Å²) in [6.07, 6.45) is 7.95. The molecule has 0 radical (unpaired) electrons. The van der Waals surface area contributed by atoms with Crippen LogP contribution < -0.4 is 0 Å². The molecule has 3 atom stereocenters. The number of rotatable bonds is 4. The molecule has 3 unspecified atom stereocenters. The van der Waals surface area contributed by atoms with Crippen LogP contribution in [0.15, 0.2) is 0 Å². The van der Waals surface area contributed by atoms with Gasteiger partial charge in [-0.15, -0.1) is 0 Å². The molecule has 0 saturated heterocycles. The van der Waals surface area contributed by atoms with Crippen molar-refractivity contribution in [3.8, 4) is 0 Å². The minimum absolute atomic E-state index is 0.188. The molecule has 4 fully saturated rings. The first-order valence-corrected chi connectivity index (χ1v) is 7.71. The summed E-state index contributed by atoms with van der Waals surface area (Å²) in [5.74, 6) is 1.76. The van der Waals surface area contributed by atoms with E-state index in [4.69, 9.17) is 4.74 Å². The average Bonchev–Trinajstić information content (AvgIpc) is 2.22. The molecule has 4 saturated carbocycles. The zero-order valence-electron chi connectivity index (χ0n) is 12.1. The van der Waals surface area contributed by atoms with E-state index < -0.39 is 0 Å². The fourth-order valence-electron chi connectivity index (χ4n) is 5.65. The van der Waals surface area contributed by atoms with Gasteiger partial charge in [-0.05, 0) is 75.0 Å². The highest BCUT2D eigenvalue weighted by molar-refractivity contribution is 5.08. The molecule has 4 aliphatic carbocycles. The third-order valence-electron chi connectivity index (χ3n) is 5.69. The number of aliphatic hydroxyl groups is 1. The summed E-state index contributed by atoms with van der Waals surface area (Å²) in [5.41, 5.74) is 0.705. The molecule has 4 bridgehead atoms. The molecular weight excluding hydrogens is 224 g/mol. The molecular formula is C16H28O2. The van der Waals surface area contributed by atoms with Gasteiger partial charge in [0, 0.05) is 0 Å². The Balaban J connectivity index is 1.74. The van der Waals surface area contributed by atoms with Crippen molar-refractivity contribution in [1.82, 2.24) is 0 Å². The molecule has 0 aromatic heterocycles. The van der Waals surface area contributed by atoms with Crippen LogP contribution in [0, 0.1) is 22.7 Å². The second-order valence-corrected chi connectivity index (χ2v) is 8.03. The predicted molar refractivity (Wildman–Crippen MR) is 72.3 cm³/mol. The largest absolute Gasteiger partial charge is 0.390 e. The summed E-state index contributed by atoms with van der Waals surface area (Å²) in [4.78, 5) is 0. The van der Waals surface area contributed by atoms with E-state index in [1.54, 1.807) is 0 Å². The van der Waals surface area contributed by atoms with Crippen molar-refractivity contribution >= 4 is 0 Å². The van der Waals surface area contributed by atoms with Crippen LogP contribution in [0.4, 0.5) is 0 Å². The molecule has 0 heterocycles. The quantitative estimate of drug-likeness (QED) is 0.831. The van der Waals surface area contributed by atoms with Gasteiger partial charge in [-0.1, -0.05) is 6.92 Å². The number of hydrogen-bond donors (Lipinski definition) is 1. The van der Waals surface area contributed by atoms with Crippen molar-refractivity contribution in [2.75, 3.05) is 6.61 Å². The van der Waals surface area contributed by atoms with E-state index in [1.807, 2.05) is 13.8 Å². The first-order chi connectivity index (χ1) is 8.41. The lowest BCUT2D eigenvalue weighted by Crippen LogP contribution is -2.56. The number of hydrogen-bond acceptors (Lipinski definition) is 2. The van der Waals surface area contributed by atoms with Crippen LogP contribution in [0.1, 0.15) is 59.3 Å². The molecule has 0 aromatic rings. The topological polar surface area (TPSA) is 29.5 Å². The molecule has 2 nitrogen and oxygen atoms in total. The van der Waals surface area contributed by atoms with Crippen LogP contribution in [0.3, 0.4) is 0 Å². The molecule has 0 aliphatic heterocycles. The maximum Gasteiger partial charge on any atom is 0.0830 e. The Hall–Kier alpha value is -0.0800. The van der Waals surface area contributed by atoms with Crippen LogP contribution in [0.5, 0.6) is 0 Å². The van der Waals surface area contributed by atoms with Gasteiger partial charge in [0.25, 0.3) is 0 Å². The third kappa shape index (κ3) is 2.12. The Bertz CT molecular complexity index is 309. The summed E-state index contributed by atoms with van der Waals surface area (Å²) in [7, 11) is 0. The van der Waals surface area contributed by atoms with E-state index in [2.05, 4.69) is 6.92 Å². The molecule has 0 amide bonds. The van der Waals surface area contributed by atoms with Crippen molar-refractivity contribution in [3.63, 3.8) is 0 Å². The highest BCUT2D eigenvalue weighted by Crippen LogP contribution is 2.66. The molecule has 18 heavy (non-hydrogen) atoms. The van der Waals surface area contributed by atoms with E-state index in [0.29, 0.717) is 12.0 Å². The normalized spacial score (nSPS) is 47.8. The first kappa shape index (κ1) is 12.9. The zero-order chi connectivity index (χ0) is 13.0. The molecule has 1 N–H and O–H groups in total. The summed E-state index contributed by atoms with van der Waals surface area (Å²) in [6.45, 7) is 7.09. The van der Waals surface area contributed by atoms with Gasteiger partial charge in [0.15, 0.2) is 0 Å². The fraction of sp³-hybridized carbons (Fsp3) is 1.00. The summed E-state index contributed by atoms with van der Waals surface area (Å²) in [6, 6.07) is 0. The van der Waals surface area contributed by atoms with Gasteiger partial charge < -0.3 is 9.84 Å². The number of ether oxygens (including phenoxy) is 1.